The molecule has 0 spiro atoms. The Labute approximate surface area is 200 Å². The fourth-order valence-corrected chi connectivity index (χ4v) is 3.12. The predicted molar refractivity (Wildman–Crippen MR) is 128 cm³/mol. The van der Waals surface area contributed by atoms with Crippen molar-refractivity contribution < 1.29 is 29.0 Å². The molecular formula is C26H34N2O6. The van der Waals surface area contributed by atoms with Crippen molar-refractivity contribution in [2.24, 2.45) is 0 Å². The number of carboxylic acid groups (broad SMARTS) is 1. The molecule has 2 N–H and O–H groups in total. The third-order valence-corrected chi connectivity index (χ3v) is 4.87. The van der Waals surface area contributed by atoms with Crippen LogP contribution in [-0.2, 0) is 33.8 Å². The number of nitrogens with one attached hydrogen (secondary N) is 1. The Balaban J connectivity index is 1.98. The summed E-state index contributed by atoms with van der Waals surface area (Å²) in [6.45, 7) is 9.50. The lowest BCUT2D eigenvalue weighted by Crippen LogP contribution is -2.44. The van der Waals surface area contributed by atoms with Gasteiger partial charge in [-0.15, -0.1) is 0 Å². The molecule has 2 aromatic carbocycles. The van der Waals surface area contributed by atoms with Crippen LogP contribution in [0.4, 0.5) is 9.59 Å². The lowest BCUT2D eigenvalue weighted by atomic mass is 10.0. The van der Waals surface area contributed by atoms with Crippen LogP contribution in [0.5, 0.6) is 0 Å². The third kappa shape index (κ3) is 9.13. The van der Waals surface area contributed by atoms with Crippen LogP contribution in [0.2, 0.25) is 0 Å². The van der Waals surface area contributed by atoms with Crippen molar-refractivity contribution in [3.63, 3.8) is 0 Å². The van der Waals surface area contributed by atoms with Crippen LogP contribution in [0.1, 0.15) is 51.3 Å². The number of hydrogen-bond donors (Lipinski definition) is 2. The van der Waals surface area contributed by atoms with Crippen molar-refractivity contribution in [1.29, 1.82) is 0 Å². The van der Waals surface area contributed by atoms with Crippen molar-refractivity contribution in [2.45, 2.75) is 71.9 Å². The molecule has 0 bridgehead atoms. The maximum Gasteiger partial charge on any atom is 0.410 e. The Morgan fingerprint density at radius 2 is 1.53 bits per heavy atom. The van der Waals surface area contributed by atoms with E-state index in [-0.39, 0.29) is 19.1 Å². The van der Waals surface area contributed by atoms with Crippen LogP contribution >= 0.6 is 0 Å². The second-order valence-corrected chi connectivity index (χ2v) is 9.32. The van der Waals surface area contributed by atoms with E-state index in [0.29, 0.717) is 6.54 Å². The van der Waals surface area contributed by atoms with Crippen LogP contribution < -0.4 is 5.32 Å². The van der Waals surface area contributed by atoms with E-state index in [1.165, 1.54) is 0 Å². The SMILES string of the molecule is CC(C)N(Cc1ccc(C[C@H](NC(=O)OC(C)(C)C)C(=O)O)cc1)C(=O)OCc1ccccc1. The first-order valence-electron chi connectivity index (χ1n) is 11.2. The van der Waals surface area contributed by atoms with E-state index in [1.807, 2.05) is 56.3 Å². The van der Waals surface area contributed by atoms with Gasteiger partial charge in [0, 0.05) is 19.0 Å². The van der Waals surface area contributed by atoms with E-state index in [4.69, 9.17) is 9.47 Å². The van der Waals surface area contributed by atoms with E-state index in [1.54, 1.807) is 37.8 Å². The fourth-order valence-electron chi connectivity index (χ4n) is 3.12. The summed E-state index contributed by atoms with van der Waals surface area (Å²) in [6.07, 6.45) is -1.09. The fraction of sp³-hybridized carbons (Fsp3) is 0.423. The normalized spacial score (nSPS) is 12.1. The molecule has 0 aliphatic rings. The highest BCUT2D eigenvalue weighted by molar-refractivity contribution is 5.80. The summed E-state index contributed by atoms with van der Waals surface area (Å²) >= 11 is 0. The number of aliphatic carboxylic acids is 1. The maximum absolute atomic E-state index is 12.6. The number of carbonyl (C=O) groups excluding carboxylic acids is 2. The number of benzene rings is 2. The van der Waals surface area contributed by atoms with E-state index >= 15 is 0 Å². The largest absolute Gasteiger partial charge is 0.480 e. The van der Waals surface area contributed by atoms with Crippen LogP contribution in [0.25, 0.3) is 0 Å². The first kappa shape index (κ1) is 26.7. The summed E-state index contributed by atoms with van der Waals surface area (Å²) in [5, 5.41) is 11.9. The lowest BCUT2D eigenvalue weighted by Gasteiger charge is -2.26. The summed E-state index contributed by atoms with van der Waals surface area (Å²) in [6, 6.07) is 15.5. The smallest absolute Gasteiger partial charge is 0.410 e. The molecule has 0 aromatic heterocycles. The molecule has 0 aliphatic carbocycles. The first-order valence-corrected chi connectivity index (χ1v) is 11.2. The zero-order valence-corrected chi connectivity index (χ0v) is 20.4. The first-order chi connectivity index (χ1) is 15.9. The molecule has 1 atom stereocenters. The van der Waals surface area contributed by atoms with Gasteiger partial charge in [0.15, 0.2) is 0 Å². The maximum atomic E-state index is 12.6. The Bertz CT molecular complexity index is 952. The Morgan fingerprint density at radius 3 is 2.06 bits per heavy atom. The number of nitrogens with zero attached hydrogens (tertiary/aromatic N) is 1. The highest BCUT2D eigenvalue weighted by Crippen LogP contribution is 2.14. The van der Waals surface area contributed by atoms with Crippen molar-refractivity contribution in [1.82, 2.24) is 10.2 Å². The minimum absolute atomic E-state index is 0.0719. The topological polar surface area (TPSA) is 105 Å². The quantitative estimate of drug-likeness (QED) is 0.548. The Morgan fingerprint density at radius 1 is 0.941 bits per heavy atom. The van der Waals surface area contributed by atoms with E-state index in [9.17, 15) is 19.5 Å². The molecule has 0 aliphatic heterocycles. The van der Waals surface area contributed by atoms with Gasteiger partial charge < -0.3 is 24.8 Å². The Hall–Kier alpha value is -3.55. The molecule has 0 saturated carbocycles. The molecule has 2 aromatic rings. The molecule has 0 saturated heterocycles. The molecular weight excluding hydrogens is 436 g/mol. The zero-order valence-electron chi connectivity index (χ0n) is 20.4. The highest BCUT2D eigenvalue weighted by Gasteiger charge is 2.24. The van der Waals surface area contributed by atoms with Crippen molar-refractivity contribution >= 4 is 18.2 Å². The molecule has 0 fully saturated rings. The number of carboxylic acids is 1. The number of carbonyl (C=O) groups is 3. The molecule has 34 heavy (non-hydrogen) atoms. The van der Waals surface area contributed by atoms with Crippen molar-refractivity contribution in [3.05, 3.63) is 71.3 Å². The standard InChI is InChI=1S/C26H34N2O6/c1-18(2)28(25(32)33-17-21-9-7-6-8-10-21)16-20-13-11-19(12-14-20)15-22(23(29)30)27-24(31)34-26(3,4)5/h6-14,18,22H,15-17H2,1-5H3,(H,27,31)(H,29,30)/t22-/m0/s1. The number of hydrogen-bond acceptors (Lipinski definition) is 5. The monoisotopic (exact) mass is 470 g/mol. The van der Waals surface area contributed by atoms with Gasteiger partial charge in [-0.3, -0.25) is 0 Å². The molecule has 0 unspecified atom stereocenters. The molecule has 184 valence electrons. The van der Waals surface area contributed by atoms with Crippen LogP contribution in [0, 0.1) is 0 Å². The van der Waals surface area contributed by atoms with Crippen molar-refractivity contribution in [3.8, 4) is 0 Å². The minimum Gasteiger partial charge on any atom is -0.480 e. The predicted octanol–water partition coefficient (Wildman–Crippen LogP) is 4.75. The Kier molecular flexibility index (Phi) is 9.47. The molecule has 0 radical (unpaired) electrons. The molecule has 2 amide bonds. The summed E-state index contributed by atoms with van der Waals surface area (Å²) in [5.74, 6) is -1.15. The van der Waals surface area contributed by atoms with Gasteiger partial charge in [0.05, 0.1) is 0 Å². The number of amides is 2. The molecule has 0 heterocycles. The van der Waals surface area contributed by atoms with E-state index < -0.39 is 29.8 Å². The second kappa shape index (κ2) is 12.1. The van der Waals surface area contributed by atoms with Gasteiger partial charge in [-0.05, 0) is 51.3 Å². The van der Waals surface area contributed by atoms with Crippen LogP contribution in [-0.4, -0.2) is 45.8 Å². The van der Waals surface area contributed by atoms with Gasteiger partial charge in [-0.1, -0.05) is 54.6 Å². The van der Waals surface area contributed by atoms with Gasteiger partial charge in [-0.2, -0.15) is 0 Å². The van der Waals surface area contributed by atoms with Gasteiger partial charge in [0.25, 0.3) is 0 Å². The highest BCUT2D eigenvalue weighted by atomic mass is 16.6. The summed E-state index contributed by atoms with van der Waals surface area (Å²) in [7, 11) is 0. The van der Waals surface area contributed by atoms with E-state index in [2.05, 4.69) is 5.32 Å². The lowest BCUT2D eigenvalue weighted by molar-refractivity contribution is -0.139. The molecule has 8 nitrogen and oxygen atoms in total. The third-order valence-electron chi connectivity index (χ3n) is 4.87. The summed E-state index contributed by atoms with van der Waals surface area (Å²) in [4.78, 5) is 37.8. The van der Waals surface area contributed by atoms with E-state index in [0.717, 1.165) is 16.7 Å². The summed E-state index contributed by atoms with van der Waals surface area (Å²) < 4.78 is 10.6. The van der Waals surface area contributed by atoms with Crippen LogP contribution in [0.15, 0.2) is 54.6 Å². The second-order valence-electron chi connectivity index (χ2n) is 9.32. The average molecular weight is 471 g/mol. The molecule has 2 rings (SSSR count). The van der Waals surface area contributed by atoms with Crippen molar-refractivity contribution in [2.75, 3.05) is 0 Å². The zero-order chi connectivity index (χ0) is 25.3. The number of alkyl carbamates (subject to hydrolysis) is 1. The van der Waals surface area contributed by atoms with Gasteiger partial charge in [0.2, 0.25) is 0 Å². The minimum atomic E-state index is -1.15. The number of rotatable bonds is 9. The van der Waals surface area contributed by atoms with Gasteiger partial charge >= 0.3 is 18.2 Å². The van der Waals surface area contributed by atoms with Gasteiger partial charge in [0.1, 0.15) is 18.2 Å². The van der Waals surface area contributed by atoms with Gasteiger partial charge in [-0.25, -0.2) is 14.4 Å². The average Bonchev–Trinajstić information content (AvgIpc) is 2.75. The van der Waals surface area contributed by atoms with Crippen LogP contribution in [0.3, 0.4) is 0 Å². The molecule has 8 heteroatoms. The number of ether oxygens (including phenoxy) is 2. The summed E-state index contributed by atoms with van der Waals surface area (Å²) in [5.41, 5.74) is 1.80.